The molecule has 0 saturated carbocycles. The van der Waals surface area contributed by atoms with Crippen molar-refractivity contribution in [2.24, 2.45) is 0 Å². The van der Waals surface area contributed by atoms with Gasteiger partial charge in [-0.3, -0.25) is 0 Å². The van der Waals surface area contributed by atoms with E-state index in [-0.39, 0.29) is 0 Å². The highest BCUT2D eigenvalue weighted by Gasteiger charge is 1.97. The Hall–Kier alpha value is -0.540. The molecule has 4 heteroatoms. The number of halogens is 1. The number of rotatable bonds is 2. The Kier molecular flexibility index (Phi) is 2.91. The molecule has 0 aliphatic rings. The molecule has 0 aliphatic heterocycles. The first kappa shape index (κ1) is 8.56. The SMILES string of the molecule is C=Cc1cc(Cl)nc(SC)n1. The summed E-state index contributed by atoms with van der Waals surface area (Å²) in [7, 11) is 0. The van der Waals surface area contributed by atoms with Crippen LogP contribution in [0, 0.1) is 0 Å². The molecular formula is C7H7ClN2S. The second-order valence-corrected chi connectivity index (χ2v) is 2.97. The molecule has 1 rings (SSSR count). The van der Waals surface area contributed by atoms with E-state index in [2.05, 4.69) is 16.5 Å². The second-order valence-electron chi connectivity index (χ2n) is 1.81. The van der Waals surface area contributed by atoms with Gasteiger partial charge in [-0.1, -0.05) is 29.9 Å². The van der Waals surface area contributed by atoms with Gasteiger partial charge in [0.2, 0.25) is 0 Å². The van der Waals surface area contributed by atoms with Crippen molar-refractivity contribution < 1.29 is 0 Å². The number of hydrogen-bond donors (Lipinski definition) is 0. The zero-order valence-corrected chi connectivity index (χ0v) is 7.61. The maximum Gasteiger partial charge on any atom is 0.189 e. The van der Waals surface area contributed by atoms with Crippen LogP contribution in [0.1, 0.15) is 5.69 Å². The van der Waals surface area contributed by atoms with E-state index >= 15 is 0 Å². The Morgan fingerprint density at radius 1 is 1.64 bits per heavy atom. The van der Waals surface area contributed by atoms with Gasteiger partial charge in [0, 0.05) is 6.07 Å². The van der Waals surface area contributed by atoms with Gasteiger partial charge < -0.3 is 0 Å². The first-order valence-corrected chi connectivity index (χ1v) is 4.57. The standard InChI is InChI=1S/C7H7ClN2S/c1-3-5-4-6(8)10-7(9-5)11-2/h3-4H,1H2,2H3. The average Bonchev–Trinajstić information content (AvgIpc) is 2.03. The van der Waals surface area contributed by atoms with Crippen LogP contribution in [0.15, 0.2) is 17.8 Å². The van der Waals surface area contributed by atoms with E-state index < -0.39 is 0 Å². The van der Waals surface area contributed by atoms with Crippen LogP contribution in [0.25, 0.3) is 6.08 Å². The van der Waals surface area contributed by atoms with Gasteiger partial charge in [0.15, 0.2) is 5.16 Å². The summed E-state index contributed by atoms with van der Waals surface area (Å²) in [6.45, 7) is 3.59. The van der Waals surface area contributed by atoms with Gasteiger partial charge in [-0.2, -0.15) is 0 Å². The minimum absolute atomic E-state index is 0.458. The molecule has 0 N–H and O–H groups in total. The number of nitrogens with zero attached hydrogens (tertiary/aromatic N) is 2. The van der Waals surface area contributed by atoms with E-state index in [4.69, 9.17) is 11.6 Å². The van der Waals surface area contributed by atoms with Crippen molar-refractivity contribution >= 4 is 29.4 Å². The summed E-state index contributed by atoms with van der Waals surface area (Å²) in [5.41, 5.74) is 0.759. The van der Waals surface area contributed by atoms with Crippen LogP contribution in [0.2, 0.25) is 5.15 Å². The molecule has 0 fully saturated rings. The fourth-order valence-corrected chi connectivity index (χ4v) is 1.24. The lowest BCUT2D eigenvalue weighted by Crippen LogP contribution is -1.88. The summed E-state index contributed by atoms with van der Waals surface area (Å²) in [6.07, 6.45) is 3.55. The molecule has 0 spiro atoms. The van der Waals surface area contributed by atoms with Crippen molar-refractivity contribution in [2.75, 3.05) is 6.26 Å². The molecule has 1 aromatic heterocycles. The van der Waals surface area contributed by atoms with E-state index in [0.717, 1.165) is 5.69 Å². The third kappa shape index (κ3) is 2.20. The molecule has 0 aromatic carbocycles. The highest BCUT2D eigenvalue weighted by atomic mass is 35.5. The monoisotopic (exact) mass is 186 g/mol. The predicted octanol–water partition coefficient (Wildman–Crippen LogP) is 2.49. The number of aromatic nitrogens is 2. The maximum atomic E-state index is 5.70. The van der Waals surface area contributed by atoms with Gasteiger partial charge in [0.25, 0.3) is 0 Å². The molecule has 1 heterocycles. The fourth-order valence-electron chi connectivity index (χ4n) is 0.609. The fraction of sp³-hybridized carbons (Fsp3) is 0.143. The molecule has 0 saturated heterocycles. The third-order valence-corrected chi connectivity index (χ3v) is 1.83. The van der Waals surface area contributed by atoms with Gasteiger partial charge >= 0.3 is 0 Å². The van der Waals surface area contributed by atoms with Gasteiger partial charge in [-0.05, 0) is 12.3 Å². The smallest absolute Gasteiger partial charge is 0.189 e. The molecule has 0 aliphatic carbocycles. The molecule has 0 unspecified atom stereocenters. The van der Waals surface area contributed by atoms with Crippen molar-refractivity contribution in [3.05, 3.63) is 23.5 Å². The molecule has 58 valence electrons. The topological polar surface area (TPSA) is 25.8 Å². The first-order valence-electron chi connectivity index (χ1n) is 2.97. The summed E-state index contributed by atoms with van der Waals surface area (Å²) in [4.78, 5) is 8.09. The van der Waals surface area contributed by atoms with Gasteiger partial charge in [0.1, 0.15) is 5.15 Å². The lowest BCUT2D eigenvalue weighted by molar-refractivity contribution is 0.961. The molecule has 0 radical (unpaired) electrons. The van der Waals surface area contributed by atoms with E-state index in [1.165, 1.54) is 11.8 Å². The highest BCUT2D eigenvalue weighted by Crippen LogP contribution is 2.14. The average molecular weight is 187 g/mol. The van der Waals surface area contributed by atoms with Crippen LogP contribution in [-0.2, 0) is 0 Å². The molecule has 0 bridgehead atoms. The Labute approximate surface area is 74.7 Å². The Balaban J connectivity index is 3.11. The maximum absolute atomic E-state index is 5.70. The number of hydrogen-bond acceptors (Lipinski definition) is 3. The molecular weight excluding hydrogens is 180 g/mol. The van der Waals surface area contributed by atoms with Crippen LogP contribution >= 0.6 is 23.4 Å². The lowest BCUT2D eigenvalue weighted by atomic mass is 10.4. The summed E-state index contributed by atoms with van der Waals surface area (Å²) in [5.74, 6) is 0. The van der Waals surface area contributed by atoms with E-state index in [9.17, 15) is 0 Å². The van der Waals surface area contributed by atoms with Crippen LogP contribution in [0.4, 0.5) is 0 Å². The molecule has 2 nitrogen and oxygen atoms in total. The zero-order valence-electron chi connectivity index (χ0n) is 6.04. The van der Waals surface area contributed by atoms with Crippen LogP contribution < -0.4 is 0 Å². The molecule has 0 amide bonds. The molecule has 1 aromatic rings. The summed E-state index contributed by atoms with van der Waals surface area (Å²) >= 11 is 7.15. The van der Waals surface area contributed by atoms with E-state index in [0.29, 0.717) is 10.3 Å². The minimum Gasteiger partial charge on any atom is -0.223 e. The van der Waals surface area contributed by atoms with Gasteiger partial charge in [0.05, 0.1) is 5.69 Å². The largest absolute Gasteiger partial charge is 0.223 e. The number of thioether (sulfide) groups is 1. The summed E-state index contributed by atoms with van der Waals surface area (Å²) in [6, 6.07) is 1.67. The van der Waals surface area contributed by atoms with E-state index in [1.54, 1.807) is 12.1 Å². The van der Waals surface area contributed by atoms with Crippen LogP contribution in [-0.4, -0.2) is 16.2 Å². The van der Waals surface area contributed by atoms with Crippen LogP contribution in [0.3, 0.4) is 0 Å². The summed E-state index contributed by atoms with van der Waals surface area (Å²) in [5, 5.41) is 1.13. The highest BCUT2D eigenvalue weighted by molar-refractivity contribution is 7.98. The lowest BCUT2D eigenvalue weighted by Gasteiger charge is -1.97. The first-order chi connectivity index (χ1) is 5.26. The molecule has 0 atom stereocenters. The van der Waals surface area contributed by atoms with Crippen LogP contribution in [0.5, 0.6) is 0 Å². The normalized spacial score (nSPS) is 9.64. The molecule has 11 heavy (non-hydrogen) atoms. The Morgan fingerprint density at radius 3 is 2.91 bits per heavy atom. The second kappa shape index (κ2) is 3.74. The van der Waals surface area contributed by atoms with Crippen molar-refractivity contribution in [1.82, 2.24) is 9.97 Å². The Morgan fingerprint density at radius 2 is 2.36 bits per heavy atom. The Bertz CT molecular complexity index is 275. The summed E-state index contributed by atoms with van der Waals surface area (Å²) < 4.78 is 0. The quantitative estimate of drug-likeness (QED) is 0.403. The van der Waals surface area contributed by atoms with Crippen molar-refractivity contribution in [2.45, 2.75) is 5.16 Å². The third-order valence-electron chi connectivity index (χ3n) is 1.09. The van der Waals surface area contributed by atoms with Crippen molar-refractivity contribution in [3.8, 4) is 0 Å². The van der Waals surface area contributed by atoms with Crippen molar-refractivity contribution in [1.29, 1.82) is 0 Å². The van der Waals surface area contributed by atoms with Crippen molar-refractivity contribution in [3.63, 3.8) is 0 Å². The minimum atomic E-state index is 0.458. The van der Waals surface area contributed by atoms with Gasteiger partial charge in [-0.15, -0.1) is 0 Å². The zero-order chi connectivity index (χ0) is 8.27. The predicted molar refractivity (Wildman–Crippen MR) is 48.9 cm³/mol. The van der Waals surface area contributed by atoms with E-state index in [1.807, 2.05) is 6.26 Å². The van der Waals surface area contributed by atoms with Gasteiger partial charge in [-0.25, -0.2) is 9.97 Å².